The van der Waals surface area contributed by atoms with E-state index in [1.807, 2.05) is 0 Å². The highest BCUT2D eigenvalue weighted by Crippen LogP contribution is 2.33. The van der Waals surface area contributed by atoms with Crippen molar-refractivity contribution >= 4 is 28.3 Å². The van der Waals surface area contributed by atoms with Gasteiger partial charge in [-0.3, -0.25) is 14.4 Å². The first-order valence-electron chi connectivity index (χ1n) is 9.81. The van der Waals surface area contributed by atoms with Crippen LogP contribution in [0.3, 0.4) is 0 Å². The van der Waals surface area contributed by atoms with E-state index in [1.54, 1.807) is 42.8 Å². The minimum absolute atomic E-state index is 0.0110. The van der Waals surface area contributed by atoms with Crippen molar-refractivity contribution in [3.05, 3.63) is 69.2 Å². The number of amides is 2. The molecule has 0 aliphatic rings. The average molecular weight is 458 g/mol. The second kappa shape index (κ2) is 10.6. The molecule has 168 valence electrons. The first-order valence-corrected chi connectivity index (χ1v) is 10.7. The fourth-order valence-electron chi connectivity index (χ4n) is 3.10. The lowest BCUT2D eigenvalue weighted by atomic mass is 9.91. The lowest BCUT2D eigenvalue weighted by Crippen LogP contribution is -2.29. The monoisotopic (exact) mass is 457 g/mol. The number of methoxy groups -OCH3 is 1. The van der Waals surface area contributed by atoms with E-state index < -0.39 is 17.1 Å². The van der Waals surface area contributed by atoms with Gasteiger partial charge in [0.1, 0.15) is 11.5 Å². The van der Waals surface area contributed by atoms with Crippen LogP contribution in [0.25, 0.3) is 0 Å². The van der Waals surface area contributed by atoms with Gasteiger partial charge in [0.25, 0.3) is 0 Å². The molecule has 0 saturated carbocycles. The summed E-state index contributed by atoms with van der Waals surface area (Å²) in [6, 6.07) is 8.09. The molecule has 32 heavy (non-hydrogen) atoms. The molecule has 10 heteroatoms. The van der Waals surface area contributed by atoms with Crippen molar-refractivity contribution in [1.82, 2.24) is 10.3 Å². The van der Waals surface area contributed by atoms with Crippen LogP contribution in [0, 0.1) is 6.92 Å². The maximum absolute atomic E-state index is 12.6. The Balaban J connectivity index is 1.71. The number of benzene rings is 1. The van der Waals surface area contributed by atoms with E-state index in [-0.39, 0.29) is 37.0 Å². The van der Waals surface area contributed by atoms with Gasteiger partial charge in [0, 0.05) is 37.0 Å². The quantitative estimate of drug-likeness (QED) is 0.450. The Morgan fingerprint density at radius 3 is 2.66 bits per heavy atom. The number of thiazole rings is 1. The third-order valence-electron chi connectivity index (χ3n) is 4.65. The highest BCUT2D eigenvalue weighted by molar-refractivity contribution is 7.13. The van der Waals surface area contributed by atoms with Crippen molar-refractivity contribution in [1.29, 1.82) is 0 Å². The van der Waals surface area contributed by atoms with Crippen LogP contribution in [0.1, 0.15) is 35.8 Å². The number of aryl methyl sites for hydroxylation is 1. The van der Waals surface area contributed by atoms with E-state index in [0.29, 0.717) is 22.2 Å². The minimum Gasteiger partial charge on any atom is -0.502 e. The number of nitrogens with one attached hydrogen (secondary N) is 2. The smallest absolute Gasteiger partial charge is 0.227 e. The molecule has 1 aromatic carbocycles. The van der Waals surface area contributed by atoms with Gasteiger partial charge in [-0.1, -0.05) is 12.1 Å². The molecule has 3 rings (SSSR count). The van der Waals surface area contributed by atoms with Crippen LogP contribution in [-0.4, -0.2) is 35.6 Å². The van der Waals surface area contributed by atoms with Crippen LogP contribution in [0.15, 0.2) is 51.1 Å². The van der Waals surface area contributed by atoms with Gasteiger partial charge in [0.05, 0.1) is 13.0 Å². The molecule has 2 heterocycles. The summed E-state index contributed by atoms with van der Waals surface area (Å²) in [6.45, 7) is 1.71. The number of anilines is 1. The highest BCUT2D eigenvalue weighted by atomic mass is 32.1. The fourth-order valence-corrected chi connectivity index (χ4v) is 3.64. The lowest BCUT2D eigenvalue weighted by molar-refractivity contribution is -0.121. The van der Waals surface area contributed by atoms with Gasteiger partial charge in [-0.05, 0) is 24.6 Å². The van der Waals surface area contributed by atoms with Crippen molar-refractivity contribution in [2.45, 2.75) is 25.7 Å². The van der Waals surface area contributed by atoms with Gasteiger partial charge < -0.3 is 24.9 Å². The molecule has 1 unspecified atom stereocenters. The first-order chi connectivity index (χ1) is 15.4. The minimum atomic E-state index is -0.711. The second-order valence-corrected chi connectivity index (χ2v) is 7.84. The molecule has 0 bridgehead atoms. The van der Waals surface area contributed by atoms with Crippen molar-refractivity contribution < 1.29 is 23.8 Å². The molecule has 0 aliphatic heterocycles. The molecule has 0 aliphatic carbocycles. The molecule has 2 aromatic heterocycles. The Hall–Kier alpha value is -3.66. The highest BCUT2D eigenvalue weighted by Gasteiger charge is 2.26. The molecule has 3 aromatic rings. The number of aromatic nitrogens is 1. The number of carbonyl (C=O) groups excluding carboxylic acids is 2. The summed E-state index contributed by atoms with van der Waals surface area (Å²) < 4.78 is 10.8. The van der Waals surface area contributed by atoms with Gasteiger partial charge in [0.15, 0.2) is 10.9 Å². The standard InChI is InChI=1S/C22H23N3O6S/c1-13-11-17(26)20(29)21(31-13)16(14-3-5-15(30-2)6-4-14)12-19(28)23-8-7-18(27)25-22-24-9-10-32-22/h3-6,9-11,16,29H,7-8,12H2,1-2H3,(H,23,28)(H,24,25,27). The van der Waals surface area contributed by atoms with Crippen LogP contribution in [0.2, 0.25) is 0 Å². The predicted molar refractivity (Wildman–Crippen MR) is 119 cm³/mol. The Morgan fingerprint density at radius 2 is 2.00 bits per heavy atom. The predicted octanol–water partition coefficient (Wildman–Crippen LogP) is 2.79. The van der Waals surface area contributed by atoms with E-state index in [1.165, 1.54) is 24.5 Å². The average Bonchev–Trinajstić information content (AvgIpc) is 3.28. The van der Waals surface area contributed by atoms with Crippen LogP contribution < -0.4 is 20.8 Å². The van der Waals surface area contributed by atoms with E-state index in [0.717, 1.165) is 0 Å². The van der Waals surface area contributed by atoms with Gasteiger partial charge in [-0.2, -0.15) is 0 Å². The Bertz CT molecular complexity index is 1130. The number of nitrogens with zero attached hydrogens (tertiary/aromatic N) is 1. The Morgan fingerprint density at radius 1 is 1.25 bits per heavy atom. The molecule has 0 spiro atoms. The van der Waals surface area contributed by atoms with Crippen molar-refractivity contribution in [3.63, 3.8) is 0 Å². The Kier molecular flexibility index (Phi) is 7.61. The molecule has 1 atom stereocenters. The number of rotatable bonds is 9. The number of ether oxygens (including phenoxy) is 1. The topological polar surface area (TPSA) is 131 Å². The van der Waals surface area contributed by atoms with Gasteiger partial charge >= 0.3 is 0 Å². The number of carbonyl (C=O) groups is 2. The SMILES string of the molecule is COc1ccc(C(CC(=O)NCCC(=O)Nc2nccs2)c2oc(C)cc(=O)c2O)cc1. The number of hydrogen-bond donors (Lipinski definition) is 3. The van der Waals surface area contributed by atoms with E-state index in [4.69, 9.17) is 9.15 Å². The third-order valence-corrected chi connectivity index (χ3v) is 5.34. The van der Waals surface area contributed by atoms with Crippen LogP contribution >= 0.6 is 11.3 Å². The van der Waals surface area contributed by atoms with E-state index in [2.05, 4.69) is 15.6 Å². The summed E-state index contributed by atoms with van der Waals surface area (Å²) in [5.74, 6) is -0.925. The first kappa shape index (κ1) is 23.0. The summed E-state index contributed by atoms with van der Waals surface area (Å²) in [4.78, 5) is 40.6. The van der Waals surface area contributed by atoms with Crippen LogP contribution in [0.5, 0.6) is 11.5 Å². The second-order valence-electron chi connectivity index (χ2n) is 6.95. The number of hydrogen-bond acceptors (Lipinski definition) is 8. The summed E-state index contributed by atoms with van der Waals surface area (Å²) in [6.07, 6.45) is 1.56. The molecular weight excluding hydrogens is 434 g/mol. The molecule has 0 fully saturated rings. The van der Waals surface area contributed by atoms with Crippen molar-refractivity contribution in [3.8, 4) is 11.5 Å². The normalized spacial score (nSPS) is 11.6. The zero-order valence-electron chi connectivity index (χ0n) is 17.6. The summed E-state index contributed by atoms with van der Waals surface area (Å²) in [7, 11) is 1.54. The van der Waals surface area contributed by atoms with E-state index in [9.17, 15) is 19.5 Å². The summed E-state index contributed by atoms with van der Waals surface area (Å²) >= 11 is 1.30. The van der Waals surface area contributed by atoms with Gasteiger partial charge in [-0.15, -0.1) is 11.3 Å². The van der Waals surface area contributed by atoms with E-state index >= 15 is 0 Å². The molecule has 0 saturated heterocycles. The summed E-state index contributed by atoms with van der Waals surface area (Å²) in [5.41, 5.74) is 0.0769. The summed E-state index contributed by atoms with van der Waals surface area (Å²) in [5, 5.41) is 17.9. The molecule has 0 radical (unpaired) electrons. The fraction of sp³-hybridized carbons (Fsp3) is 0.273. The van der Waals surface area contributed by atoms with Gasteiger partial charge in [0.2, 0.25) is 23.0 Å². The number of aromatic hydroxyl groups is 1. The molecule has 9 nitrogen and oxygen atoms in total. The van der Waals surface area contributed by atoms with Crippen LogP contribution in [-0.2, 0) is 9.59 Å². The van der Waals surface area contributed by atoms with Crippen molar-refractivity contribution in [2.75, 3.05) is 19.0 Å². The molecule has 2 amide bonds. The van der Waals surface area contributed by atoms with Crippen molar-refractivity contribution in [2.24, 2.45) is 0 Å². The van der Waals surface area contributed by atoms with Gasteiger partial charge in [-0.25, -0.2) is 4.98 Å². The Labute approximate surface area is 188 Å². The third kappa shape index (κ3) is 5.94. The maximum atomic E-state index is 12.6. The lowest BCUT2D eigenvalue weighted by Gasteiger charge is -2.18. The largest absolute Gasteiger partial charge is 0.502 e. The zero-order chi connectivity index (χ0) is 23.1. The zero-order valence-corrected chi connectivity index (χ0v) is 18.4. The molecule has 3 N–H and O–H groups in total. The maximum Gasteiger partial charge on any atom is 0.227 e. The molecular formula is C22H23N3O6S. The van der Waals surface area contributed by atoms with Crippen LogP contribution in [0.4, 0.5) is 5.13 Å².